The molecule has 4 N–H and O–H groups in total. The number of nitriles is 1. The van der Waals surface area contributed by atoms with E-state index in [2.05, 4.69) is 5.32 Å². The van der Waals surface area contributed by atoms with E-state index >= 15 is 0 Å². The van der Waals surface area contributed by atoms with Crippen molar-refractivity contribution in [1.29, 1.82) is 5.26 Å². The van der Waals surface area contributed by atoms with Crippen LogP contribution in [0.2, 0.25) is 5.02 Å². The van der Waals surface area contributed by atoms with Crippen molar-refractivity contribution in [3.05, 3.63) is 28.8 Å². The Morgan fingerprint density at radius 1 is 1.38 bits per heavy atom. The molecule has 0 unspecified atom stereocenters. The van der Waals surface area contributed by atoms with Crippen LogP contribution in [0.15, 0.2) is 18.2 Å². The van der Waals surface area contributed by atoms with Crippen molar-refractivity contribution >= 4 is 35.2 Å². The number of nitrogens with two attached hydrogens (primary N) is 1. The molecule has 1 rings (SSSR count). The standard InChI is InChI=1S/C12H11ClN4O4/c13-8-2-1-7(4-14)9(3-8)16-12(21)17(5-10(15)18)6-11(19)20/h1-3H,5-6H2,(H2,15,18)(H,16,21)(H,19,20). The molecule has 0 saturated heterocycles. The number of anilines is 1. The van der Waals surface area contributed by atoms with E-state index in [1.807, 2.05) is 6.07 Å². The molecule has 8 nitrogen and oxygen atoms in total. The Morgan fingerprint density at radius 2 is 2.05 bits per heavy atom. The highest BCUT2D eigenvalue weighted by molar-refractivity contribution is 6.31. The summed E-state index contributed by atoms with van der Waals surface area (Å²) in [5, 5.41) is 20.2. The van der Waals surface area contributed by atoms with Gasteiger partial charge in [0.2, 0.25) is 5.91 Å². The Hall–Kier alpha value is -2.79. The summed E-state index contributed by atoms with van der Waals surface area (Å²) >= 11 is 5.76. The van der Waals surface area contributed by atoms with E-state index in [0.29, 0.717) is 4.90 Å². The molecule has 0 radical (unpaired) electrons. The zero-order chi connectivity index (χ0) is 16.0. The molecule has 3 amide bonds. The average Bonchev–Trinajstić information content (AvgIpc) is 2.37. The number of benzene rings is 1. The van der Waals surface area contributed by atoms with E-state index in [-0.39, 0.29) is 16.3 Å². The van der Waals surface area contributed by atoms with Gasteiger partial charge in [-0.1, -0.05) is 11.6 Å². The molecule has 0 saturated carbocycles. The predicted molar refractivity (Wildman–Crippen MR) is 73.6 cm³/mol. The lowest BCUT2D eigenvalue weighted by Crippen LogP contribution is -2.43. The van der Waals surface area contributed by atoms with E-state index in [1.54, 1.807) is 0 Å². The number of nitrogens with zero attached hydrogens (tertiary/aromatic N) is 2. The second-order valence-corrected chi connectivity index (χ2v) is 4.38. The van der Waals surface area contributed by atoms with Crippen molar-refractivity contribution in [1.82, 2.24) is 4.90 Å². The van der Waals surface area contributed by atoms with Crippen LogP contribution in [-0.4, -0.2) is 41.0 Å². The third-order valence-corrected chi connectivity index (χ3v) is 2.54. The third-order valence-electron chi connectivity index (χ3n) is 2.30. The number of carbonyl (C=O) groups excluding carboxylic acids is 2. The van der Waals surface area contributed by atoms with Crippen LogP contribution >= 0.6 is 11.6 Å². The summed E-state index contributed by atoms with van der Waals surface area (Å²) in [7, 11) is 0. The van der Waals surface area contributed by atoms with Crippen LogP contribution in [-0.2, 0) is 9.59 Å². The monoisotopic (exact) mass is 310 g/mol. The third kappa shape index (κ3) is 5.00. The summed E-state index contributed by atoms with van der Waals surface area (Å²) in [6.45, 7) is -1.28. The molecular formula is C12H11ClN4O4. The number of aliphatic carboxylic acids is 1. The van der Waals surface area contributed by atoms with Gasteiger partial charge in [-0.15, -0.1) is 0 Å². The molecule has 0 bridgehead atoms. The molecule has 0 aliphatic heterocycles. The van der Waals surface area contributed by atoms with E-state index in [4.69, 9.17) is 27.7 Å². The van der Waals surface area contributed by atoms with Gasteiger partial charge in [0.15, 0.2) is 0 Å². The first-order valence-corrected chi connectivity index (χ1v) is 5.97. The summed E-state index contributed by atoms with van der Waals surface area (Å²) in [4.78, 5) is 34.2. The molecule has 0 fully saturated rings. The quantitative estimate of drug-likeness (QED) is 0.732. The normalized spacial score (nSPS) is 9.52. The highest BCUT2D eigenvalue weighted by Crippen LogP contribution is 2.20. The van der Waals surface area contributed by atoms with Gasteiger partial charge in [0.25, 0.3) is 0 Å². The smallest absolute Gasteiger partial charge is 0.323 e. The molecule has 0 aliphatic carbocycles. The molecule has 0 aromatic heterocycles. The number of carboxylic acids is 1. The lowest BCUT2D eigenvalue weighted by molar-refractivity contribution is -0.137. The predicted octanol–water partition coefficient (Wildman–Crippen LogP) is 0.615. The number of carbonyl (C=O) groups is 3. The van der Waals surface area contributed by atoms with Gasteiger partial charge in [0, 0.05) is 5.02 Å². The Bertz CT molecular complexity index is 610. The summed E-state index contributed by atoms with van der Waals surface area (Å²) < 4.78 is 0. The Balaban J connectivity index is 2.96. The van der Waals surface area contributed by atoms with Crippen molar-refractivity contribution in [3.63, 3.8) is 0 Å². The SMILES string of the molecule is N#Cc1ccc(Cl)cc1NC(=O)N(CC(N)=O)CC(=O)O. The fourth-order valence-electron chi connectivity index (χ4n) is 1.46. The zero-order valence-corrected chi connectivity index (χ0v) is 11.4. The van der Waals surface area contributed by atoms with Crippen molar-refractivity contribution < 1.29 is 19.5 Å². The van der Waals surface area contributed by atoms with E-state index in [9.17, 15) is 14.4 Å². The molecule has 1 aromatic carbocycles. The number of rotatable bonds is 5. The molecular weight excluding hydrogens is 300 g/mol. The molecule has 0 atom stereocenters. The maximum Gasteiger partial charge on any atom is 0.323 e. The van der Waals surface area contributed by atoms with Gasteiger partial charge in [-0.25, -0.2) is 4.79 Å². The maximum absolute atomic E-state index is 12.0. The number of amides is 3. The molecule has 0 spiro atoms. The zero-order valence-electron chi connectivity index (χ0n) is 10.7. The number of halogens is 1. The molecule has 0 heterocycles. The van der Waals surface area contributed by atoms with Crippen LogP contribution in [0.4, 0.5) is 10.5 Å². The first-order chi connectivity index (χ1) is 9.83. The second kappa shape index (κ2) is 7.12. The lowest BCUT2D eigenvalue weighted by Gasteiger charge is -2.20. The van der Waals surface area contributed by atoms with Gasteiger partial charge in [0.1, 0.15) is 19.2 Å². The van der Waals surface area contributed by atoms with Crippen LogP contribution in [0.3, 0.4) is 0 Å². The van der Waals surface area contributed by atoms with Crippen LogP contribution in [0.5, 0.6) is 0 Å². The molecule has 0 aliphatic rings. The minimum Gasteiger partial charge on any atom is -0.480 e. The van der Waals surface area contributed by atoms with E-state index < -0.39 is 31.0 Å². The summed E-state index contributed by atoms with van der Waals surface area (Å²) in [5.41, 5.74) is 5.20. The van der Waals surface area contributed by atoms with Crippen molar-refractivity contribution in [3.8, 4) is 6.07 Å². The molecule has 1 aromatic rings. The Kier molecular flexibility index (Phi) is 5.51. The summed E-state index contributed by atoms with van der Waals surface area (Å²) in [5.74, 6) is -2.17. The van der Waals surface area contributed by atoms with Crippen LogP contribution in [0.25, 0.3) is 0 Å². The number of primary amides is 1. The fourth-order valence-corrected chi connectivity index (χ4v) is 1.63. The highest BCUT2D eigenvalue weighted by Gasteiger charge is 2.19. The minimum absolute atomic E-state index is 0.106. The average molecular weight is 311 g/mol. The lowest BCUT2D eigenvalue weighted by atomic mass is 10.2. The van der Waals surface area contributed by atoms with Gasteiger partial charge >= 0.3 is 12.0 Å². The first-order valence-electron chi connectivity index (χ1n) is 5.59. The van der Waals surface area contributed by atoms with Gasteiger partial charge < -0.3 is 21.1 Å². The van der Waals surface area contributed by atoms with Crippen molar-refractivity contribution in [2.45, 2.75) is 0 Å². The first kappa shape index (κ1) is 16.3. The maximum atomic E-state index is 12.0. The number of urea groups is 1. The Labute approximate surface area is 124 Å². The van der Waals surface area contributed by atoms with Gasteiger partial charge in [-0.05, 0) is 18.2 Å². The van der Waals surface area contributed by atoms with Crippen molar-refractivity contribution in [2.24, 2.45) is 5.73 Å². The van der Waals surface area contributed by atoms with Gasteiger partial charge in [-0.3, -0.25) is 9.59 Å². The molecule has 9 heteroatoms. The topological polar surface area (TPSA) is 137 Å². The highest BCUT2D eigenvalue weighted by atomic mass is 35.5. The van der Waals surface area contributed by atoms with Crippen molar-refractivity contribution in [2.75, 3.05) is 18.4 Å². The largest absolute Gasteiger partial charge is 0.480 e. The van der Waals surface area contributed by atoms with Gasteiger partial charge in [-0.2, -0.15) is 5.26 Å². The van der Waals surface area contributed by atoms with Crippen LogP contribution in [0.1, 0.15) is 5.56 Å². The van der Waals surface area contributed by atoms with E-state index in [1.165, 1.54) is 18.2 Å². The van der Waals surface area contributed by atoms with Crippen LogP contribution in [0, 0.1) is 11.3 Å². The van der Waals surface area contributed by atoms with Gasteiger partial charge in [0.05, 0.1) is 11.3 Å². The number of hydrogen-bond donors (Lipinski definition) is 3. The Morgan fingerprint density at radius 3 is 2.57 bits per heavy atom. The number of carboxylic acid groups (broad SMARTS) is 1. The summed E-state index contributed by atoms with van der Waals surface area (Å²) in [6, 6.07) is 5.17. The second-order valence-electron chi connectivity index (χ2n) is 3.95. The molecule has 21 heavy (non-hydrogen) atoms. The minimum atomic E-state index is -1.31. The summed E-state index contributed by atoms with van der Waals surface area (Å²) in [6.07, 6.45) is 0. The van der Waals surface area contributed by atoms with E-state index in [0.717, 1.165) is 0 Å². The number of hydrogen-bond acceptors (Lipinski definition) is 4. The number of nitrogens with one attached hydrogen (secondary N) is 1. The van der Waals surface area contributed by atoms with Crippen LogP contribution < -0.4 is 11.1 Å². The molecule has 110 valence electrons. The fraction of sp³-hybridized carbons (Fsp3) is 0.167.